The molecule has 0 amide bonds. The van der Waals surface area contributed by atoms with Crippen molar-refractivity contribution in [3.63, 3.8) is 0 Å². The van der Waals surface area contributed by atoms with Gasteiger partial charge in [0.1, 0.15) is 11.6 Å². The highest BCUT2D eigenvalue weighted by Gasteiger charge is 2.19. The van der Waals surface area contributed by atoms with Gasteiger partial charge < -0.3 is 10.1 Å². The maximum absolute atomic E-state index is 13.4. The molecule has 1 N–H and O–H groups in total. The Morgan fingerprint density at radius 1 is 1.07 bits per heavy atom. The largest absolute Gasteiger partial charge is 0.378 e. The summed E-state index contributed by atoms with van der Waals surface area (Å²) in [6.07, 6.45) is 0. The second kappa shape index (κ2) is 7.58. The van der Waals surface area contributed by atoms with Crippen molar-refractivity contribution in [1.82, 2.24) is 14.6 Å². The Morgan fingerprint density at radius 2 is 1.75 bits per heavy atom. The van der Waals surface area contributed by atoms with Crippen molar-refractivity contribution < 1.29 is 9.13 Å². The molecule has 0 saturated heterocycles. The van der Waals surface area contributed by atoms with Gasteiger partial charge in [-0.3, -0.25) is 0 Å². The van der Waals surface area contributed by atoms with E-state index in [4.69, 9.17) is 26.4 Å². The van der Waals surface area contributed by atoms with E-state index < -0.39 is 0 Å². The molecule has 0 aliphatic rings. The van der Waals surface area contributed by atoms with Crippen LogP contribution in [0.4, 0.5) is 10.2 Å². The number of halogens is 2. The smallest absolute Gasteiger partial charge is 0.166 e. The third kappa shape index (κ3) is 3.32. The number of methoxy groups -OCH3 is 1. The number of hydrogen-bond acceptors (Lipinski definition) is 4. The lowest BCUT2D eigenvalue weighted by Crippen LogP contribution is -2.01. The summed E-state index contributed by atoms with van der Waals surface area (Å²) in [6, 6.07) is 15.7. The number of benzene rings is 2. The highest BCUT2D eigenvalue weighted by molar-refractivity contribution is 6.30. The van der Waals surface area contributed by atoms with Crippen LogP contribution in [0.1, 0.15) is 5.69 Å². The standard InChI is InChI=1S/C21H18ClFN4O/c1-24-19-11-18(13-5-9-16(23)10-6-13)27-21(25-19)20(17(26-27)12-28-2)14-3-7-15(22)8-4-14/h3-11H,12H2,1-2H3,(H,24,25). The van der Waals surface area contributed by atoms with Gasteiger partial charge in [-0.05, 0) is 42.0 Å². The number of ether oxygens (including phenoxy) is 1. The Balaban J connectivity index is 2.03. The highest BCUT2D eigenvalue weighted by atomic mass is 35.5. The summed E-state index contributed by atoms with van der Waals surface area (Å²) in [5.74, 6) is 0.399. The summed E-state index contributed by atoms with van der Waals surface area (Å²) in [5, 5.41) is 8.50. The average molecular weight is 397 g/mol. The minimum Gasteiger partial charge on any atom is -0.378 e. The Hall–Kier alpha value is -2.96. The molecule has 2 aromatic heterocycles. The van der Waals surface area contributed by atoms with Crippen molar-refractivity contribution in [3.05, 3.63) is 71.1 Å². The maximum Gasteiger partial charge on any atom is 0.166 e. The van der Waals surface area contributed by atoms with E-state index in [-0.39, 0.29) is 5.82 Å². The molecule has 4 rings (SSSR count). The van der Waals surface area contributed by atoms with Gasteiger partial charge in [-0.2, -0.15) is 5.10 Å². The molecule has 0 spiro atoms. The second-order valence-electron chi connectivity index (χ2n) is 6.28. The van der Waals surface area contributed by atoms with Crippen LogP contribution in [0, 0.1) is 5.82 Å². The molecule has 0 unspecified atom stereocenters. The lowest BCUT2D eigenvalue weighted by atomic mass is 10.1. The molecule has 0 radical (unpaired) electrons. The van der Waals surface area contributed by atoms with Crippen LogP contribution in [0.25, 0.3) is 28.0 Å². The SMILES string of the molecule is CNc1cc(-c2ccc(F)cc2)n2nc(COC)c(-c3ccc(Cl)cc3)c2n1. The fraction of sp³-hybridized carbons (Fsp3) is 0.143. The van der Waals surface area contributed by atoms with Crippen LogP contribution in [0.3, 0.4) is 0 Å². The molecular formula is C21H18ClFN4O. The van der Waals surface area contributed by atoms with Crippen molar-refractivity contribution in [3.8, 4) is 22.4 Å². The van der Waals surface area contributed by atoms with Gasteiger partial charge in [0.2, 0.25) is 0 Å². The molecule has 2 heterocycles. The van der Waals surface area contributed by atoms with E-state index in [1.807, 2.05) is 37.4 Å². The minimum absolute atomic E-state index is 0.287. The van der Waals surface area contributed by atoms with Gasteiger partial charge in [0.25, 0.3) is 0 Å². The first-order chi connectivity index (χ1) is 13.6. The Kier molecular flexibility index (Phi) is 4.98. The summed E-state index contributed by atoms with van der Waals surface area (Å²) in [5.41, 5.74) is 4.89. The Labute approximate surface area is 166 Å². The highest BCUT2D eigenvalue weighted by Crippen LogP contribution is 2.33. The Bertz CT molecular complexity index is 1120. The number of anilines is 1. The molecule has 2 aromatic carbocycles. The van der Waals surface area contributed by atoms with Crippen LogP contribution in [-0.4, -0.2) is 28.8 Å². The molecule has 28 heavy (non-hydrogen) atoms. The molecule has 142 valence electrons. The zero-order valence-corrected chi connectivity index (χ0v) is 16.2. The van der Waals surface area contributed by atoms with Crippen LogP contribution in [0.15, 0.2) is 54.6 Å². The fourth-order valence-electron chi connectivity index (χ4n) is 3.17. The molecular weight excluding hydrogens is 379 g/mol. The predicted octanol–water partition coefficient (Wildman–Crippen LogP) is 5.04. The van der Waals surface area contributed by atoms with Crippen LogP contribution < -0.4 is 5.32 Å². The van der Waals surface area contributed by atoms with Crippen LogP contribution in [0.5, 0.6) is 0 Å². The zero-order valence-electron chi connectivity index (χ0n) is 15.4. The number of nitrogens with zero attached hydrogens (tertiary/aromatic N) is 3. The van der Waals surface area contributed by atoms with Crippen molar-refractivity contribution in [2.24, 2.45) is 0 Å². The van der Waals surface area contributed by atoms with Gasteiger partial charge in [-0.25, -0.2) is 13.9 Å². The molecule has 4 aromatic rings. The van der Waals surface area contributed by atoms with E-state index in [1.54, 1.807) is 23.8 Å². The van der Waals surface area contributed by atoms with Crippen molar-refractivity contribution in [2.75, 3.05) is 19.5 Å². The molecule has 5 nitrogen and oxygen atoms in total. The number of nitrogens with one attached hydrogen (secondary N) is 1. The molecule has 7 heteroatoms. The number of fused-ring (bicyclic) bond motifs is 1. The Morgan fingerprint density at radius 3 is 2.39 bits per heavy atom. The first-order valence-corrected chi connectivity index (χ1v) is 9.09. The third-order valence-corrected chi connectivity index (χ3v) is 4.72. The lowest BCUT2D eigenvalue weighted by molar-refractivity contribution is 0.181. The summed E-state index contributed by atoms with van der Waals surface area (Å²) in [4.78, 5) is 4.73. The molecule has 0 aliphatic carbocycles. The molecule has 0 fully saturated rings. The van der Waals surface area contributed by atoms with Crippen molar-refractivity contribution >= 4 is 23.1 Å². The monoisotopic (exact) mass is 396 g/mol. The summed E-state index contributed by atoms with van der Waals surface area (Å²) < 4.78 is 20.5. The normalized spacial score (nSPS) is 11.1. The zero-order chi connectivity index (χ0) is 19.7. The van der Waals surface area contributed by atoms with E-state index in [9.17, 15) is 4.39 Å². The van der Waals surface area contributed by atoms with Gasteiger partial charge >= 0.3 is 0 Å². The minimum atomic E-state index is -0.287. The molecule has 0 atom stereocenters. The van der Waals surface area contributed by atoms with Crippen LogP contribution in [0.2, 0.25) is 5.02 Å². The first-order valence-electron chi connectivity index (χ1n) is 8.72. The first kappa shape index (κ1) is 18.4. The molecule has 0 saturated carbocycles. The quantitative estimate of drug-likeness (QED) is 0.513. The van der Waals surface area contributed by atoms with Crippen LogP contribution in [-0.2, 0) is 11.3 Å². The van der Waals surface area contributed by atoms with Gasteiger partial charge in [-0.15, -0.1) is 0 Å². The molecule has 0 aliphatic heterocycles. The topological polar surface area (TPSA) is 51.5 Å². The fourth-order valence-corrected chi connectivity index (χ4v) is 3.29. The van der Waals surface area contributed by atoms with E-state index in [1.165, 1.54) is 12.1 Å². The van der Waals surface area contributed by atoms with Crippen molar-refractivity contribution in [2.45, 2.75) is 6.61 Å². The third-order valence-electron chi connectivity index (χ3n) is 4.47. The van der Waals surface area contributed by atoms with Crippen molar-refractivity contribution in [1.29, 1.82) is 0 Å². The van der Waals surface area contributed by atoms with Crippen LogP contribution >= 0.6 is 11.6 Å². The average Bonchev–Trinajstić information content (AvgIpc) is 3.07. The summed E-state index contributed by atoms with van der Waals surface area (Å²) >= 11 is 6.06. The van der Waals surface area contributed by atoms with Gasteiger partial charge in [-0.1, -0.05) is 23.7 Å². The maximum atomic E-state index is 13.4. The van der Waals surface area contributed by atoms with E-state index in [0.29, 0.717) is 23.1 Å². The number of aromatic nitrogens is 3. The number of rotatable bonds is 5. The van der Waals surface area contributed by atoms with E-state index in [2.05, 4.69) is 5.32 Å². The van der Waals surface area contributed by atoms with Gasteiger partial charge in [0, 0.05) is 30.8 Å². The summed E-state index contributed by atoms with van der Waals surface area (Å²) in [6.45, 7) is 0.332. The molecule has 0 bridgehead atoms. The lowest BCUT2D eigenvalue weighted by Gasteiger charge is -2.09. The van der Waals surface area contributed by atoms with E-state index in [0.717, 1.165) is 28.1 Å². The predicted molar refractivity (Wildman–Crippen MR) is 109 cm³/mol. The van der Waals surface area contributed by atoms with Gasteiger partial charge in [0.05, 0.1) is 23.6 Å². The number of hydrogen-bond donors (Lipinski definition) is 1. The van der Waals surface area contributed by atoms with E-state index >= 15 is 0 Å². The summed E-state index contributed by atoms with van der Waals surface area (Å²) in [7, 11) is 3.44. The second-order valence-corrected chi connectivity index (χ2v) is 6.72. The van der Waals surface area contributed by atoms with Gasteiger partial charge in [0.15, 0.2) is 5.65 Å².